The second kappa shape index (κ2) is 62.9. The van der Waals surface area contributed by atoms with Crippen LogP contribution in [-0.2, 0) is 28.6 Å². The Balaban J connectivity index is 4.15. The van der Waals surface area contributed by atoms with Crippen molar-refractivity contribution < 1.29 is 28.6 Å². The van der Waals surface area contributed by atoms with E-state index in [0.29, 0.717) is 19.3 Å². The van der Waals surface area contributed by atoms with Gasteiger partial charge >= 0.3 is 17.9 Å². The van der Waals surface area contributed by atoms with Gasteiger partial charge in [0.15, 0.2) is 6.10 Å². The second-order valence-corrected chi connectivity index (χ2v) is 20.9. The van der Waals surface area contributed by atoms with Crippen molar-refractivity contribution in [2.75, 3.05) is 13.2 Å². The zero-order valence-corrected chi connectivity index (χ0v) is 49.3. The van der Waals surface area contributed by atoms with Crippen LogP contribution < -0.4 is 0 Å². The number of carbonyl (C=O) groups excluding carboxylic acids is 3. The van der Waals surface area contributed by atoms with E-state index in [4.69, 9.17) is 14.2 Å². The minimum Gasteiger partial charge on any atom is -0.462 e. The average Bonchev–Trinajstić information content (AvgIpc) is 3.41. The highest BCUT2D eigenvalue weighted by atomic mass is 16.6. The number of ether oxygens (including phenoxy) is 3. The van der Waals surface area contributed by atoms with Gasteiger partial charge < -0.3 is 14.2 Å². The molecule has 0 spiro atoms. The first-order valence-corrected chi connectivity index (χ1v) is 31.7. The molecule has 0 aliphatic rings. The van der Waals surface area contributed by atoms with Gasteiger partial charge in [0.1, 0.15) is 13.2 Å². The summed E-state index contributed by atoms with van der Waals surface area (Å²) in [6, 6.07) is 0. The number of unbranched alkanes of at least 4 members (excludes halogenated alkanes) is 30. The average molecular weight is 1040 g/mol. The van der Waals surface area contributed by atoms with Crippen molar-refractivity contribution in [1.82, 2.24) is 0 Å². The van der Waals surface area contributed by atoms with Crippen LogP contribution in [0.2, 0.25) is 0 Å². The molecule has 0 radical (unpaired) electrons. The van der Waals surface area contributed by atoms with E-state index in [2.05, 4.69) is 118 Å². The van der Waals surface area contributed by atoms with Gasteiger partial charge in [0, 0.05) is 19.3 Å². The van der Waals surface area contributed by atoms with Crippen LogP contribution in [-0.4, -0.2) is 37.2 Å². The van der Waals surface area contributed by atoms with Crippen molar-refractivity contribution in [1.29, 1.82) is 0 Å². The lowest BCUT2D eigenvalue weighted by Crippen LogP contribution is -2.30. The van der Waals surface area contributed by atoms with Gasteiger partial charge in [-0.3, -0.25) is 14.4 Å². The molecule has 0 N–H and O–H groups in total. The van der Waals surface area contributed by atoms with Crippen molar-refractivity contribution in [3.8, 4) is 0 Å². The van der Waals surface area contributed by atoms with Crippen LogP contribution in [0.5, 0.6) is 0 Å². The lowest BCUT2D eigenvalue weighted by atomic mass is 10.0. The van der Waals surface area contributed by atoms with Gasteiger partial charge in [0.2, 0.25) is 0 Å². The largest absolute Gasteiger partial charge is 0.462 e. The molecule has 0 aliphatic heterocycles. The van der Waals surface area contributed by atoms with E-state index in [-0.39, 0.29) is 31.1 Å². The Morgan fingerprint density at radius 2 is 0.533 bits per heavy atom. The topological polar surface area (TPSA) is 78.9 Å². The van der Waals surface area contributed by atoms with Gasteiger partial charge in [-0.2, -0.15) is 0 Å². The maximum absolute atomic E-state index is 12.8. The molecule has 0 saturated heterocycles. The summed E-state index contributed by atoms with van der Waals surface area (Å²) in [6.07, 6.45) is 84.2. The number of allylic oxidation sites excluding steroid dienone is 16. The summed E-state index contributed by atoms with van der Waals surface area (Å²) >= 11 is 0. The maximum atomic E-state index is 12.8. The highest BCUT2D eigenvalue weighted by Crippen LogP contribution is 2.16. The zero-order chi connectivity index (χ0) is 54.3. The van der Waals surface area contributed by atoms with E-state index in [0.717, 1.165) is 109 Å². The fourth-order valence-corrected chi connectivity index (χ4v) is 8.82. The molecule has 75 heavy (non-hydrogen) atoms. The second-order valence-electron chi connectivity index (χ2n) is 20.9. The SMILES string of the molecule is CC/C=C\C/C=C\C/C=C\C/C=C\C/C=C\C/C=C\C/C=C\CCCCCCCCCCCCCC(=O)OCC(COC(=O)CCCCCCC/C=C\CCCC)OC(=O)CCCCCCCCCCCCCCC. The van der Waals surface area contributed by atoms with Crippen molar-refractivity contribution in [2.24, 2.45) is 0 Å². The summed E-state index contributed by atoms with van der Waals surface area (Å²) in [7, 11) is 0. The summed E-state index contributed by atoms with van der Waals surface area (Å²) in [5.74, 6) is -0.882. The van der Waals surface area contributed by atoms with E-state index in [1.165, 1.54) is 154 Å². The molecule has 1 atom stereocenters. The zero-order valence-electron chi connectivity index (χ0n) is 49.3. The molecule has 0 aromatic carbocycles. The molecule has 0 amide bonds. The molecule has 1 unspecified atom stereocenters. The molecule has 0 bridgehead atoms. The Morgan fingerprint density at radius 3 is 0.867 bits per heavy atom. The fourth-order valence-electron chi connectivity index (χ4n) is 8.82. The first kappa shape index (κ1) is 71.3. The van der Waals surface area contributed by atoms with Crippen LogP contribution in [0.1, 0.15) is 303 Å². The number of hydrogen-bond acceptors (Lipinski definition) is 6. The van der Waals surface area contributed by atoms with Gasteiger partial charge in [-0.05, 0) is 96.3 Å². The van der Waals surface area contributed by atoms with Crippen LogP contribution in [0.15, 0.2) is 97.2 Å². The van der Waals surface area contributed by atoms with Crippen molar-refractivity contribution in [3.05, 3.63) is 97.2 Å². The Morgan fingerprint density at radius 1 is 0.280 bits per heavy atom. The molecular formula is C69H118O6. The fraction of sp³-hybridized carbons (Fsp3) is 0.725. The third-order valence-corrected chi connectivity index (χ3v) is 13.6. The van der Waals surface area contributed by atoms with Gasteiger partial charge in [0.05, 0.1) is 0 Å². The Labute approximate surface area is 464 Å². The Kier molecular flexibility index (Phi) is 59.8. The summed E-state index contributed by atoms with van der Waals surface area (Å²) in [5.41, 5.74) is 0. The molecule has 0 heterocycles. The summed E-state index contributed by atoms with van der Waals surface area (Å²) < 4.78 is 16.9. The van der Waals surface area contributed by atoms with Crippen LogP contribution in [0, 0.1) is 0 Å². The molecular weight excluding hydrogens is 925 g/mol. The highest BCUT2D eigenvalue weighted by molar-refractivity contribution is 5.71. The quantitative estimate of drug-likeness (QED) is 0.0261. The molecule has 6 heteroatoms. The van der Waals surface area contributed by atoms with E-state index >= 15 is 0 Å². The lowest BCUT2D eigenvalue weighted by Gasteiger charge is -2.18. The smallest absolute Gasteiger partial charge is 0.306 e. The van der Waals surface area contributed by atoms with Crippen molar-refractivity contribution >= 4 is 17.9 Å². The first-order valence-electron chi connectivity index (χ1n) is 31.7. The third-order valence-electron chi connectivity index (χ3n) is 13.6. The van der Waals surface area contributed by atoms with E-state index < -0.39 is 6.10 Å². The van der Waals surface area contributed by atoms with Gasteiger partial charge in [-0.15, -0.1) is 0 Å². The molecule has 0 rings (SSSR count). The predicted molar refractivity (Wildman–Crippen MR) is 325 cm³/mol. The Bertz CT molecular complexity index is 1480. The Hall–Kier alpha value is -3.67. The molecule has 0 aromatic heterocycles. The molecule has 6 nitrogen and oxygen atoms in total. The number of esters is 3. The molecule has 0 fully saturated rings. The minimum atomic E-state index is -0.779. The molecule has 0 aromatic rings. The predicted octanol–water partition coefficient (Wildman–Crippen LogP) is 21.7. The van der Waals surface area contributed by atoms with Gasteiger partial charge in [-0.1, -0.05) is 285 Å². The standard InChI is InChI=1S/C69H118O6/c1-4-7-10-13-16-19-22-24-25-26-27-28-29-30-31-32-33-34-35-36-37-38-39-40-41-42-43-45-47-50-53-56-59-62-68(71)74-65-66(64-73-67(70)61-58-55-52-49-46-21-18-15-12-9-6-3)75-69(72)63-60-57-54-51-48-44-23-20-17-14-11-8-5-2/h7,10,15-16,18-19,24-25,27-28,30-31,33-34,36-37,66H,4-6,8-9,11-14,17,20-23,26,29,32,35,38-65H2,1-3H3/b10-7-,18-15-,19-16-,25-24-,28-27-,31-30-,34-33-,37-36-. The van der Waals surface area contributed by atoms with E-state index in [1.807, 2.05) is 0 Å². The minimum absolute atomic E-state index is 0.0783. The first-order chi connectivity index (χ1) is 37.0. The summed E-state index contributed by atoms with van der Waals surface area (Å²) in [5, 5.41) is 0. The van der Waals surface area contributed by atoms with E-state index in [1.54, 1.807) is 0 Å². The normalized spacial score (nSPS) is 12.7. The molecule has 430 valence electrons. The highest BCUT2D eigenvalue weighted by Gasteiger charge is 2.19. The molecule has 0 aliphatic carbocycles. The maximum Gasteiger partial charge on any atom is 0.306 e. The lowest BCUT2D eigenvalue weighted by molar-refractivity contribution is -0.167. The summed E-state index contributed by atoms with van der Waals surface area (Å²) in [6.45, 7) is 6.49. The van der Waals surface area contributed by atoms with Crippen LogP contribution in [0.4, 0.5) is 0 Å². The van der Waals surface area contributed by atoms with Crippen LogP contribution in [0.3, 0.4) is 0 Å². The third kappa shape index (κ3) is 61.1. The van der Waals surface area contributed by atoms with Crippen molar-refractivity contribution in [3.63, 3.8) is 0 Å². The van der Waals surface area contributed by atoms with Crippen LogP contribution >= 0.6 is 0 Å². The number of carbonyl (C=O) groups is 3. The van der Waals surface area contributed by atoms with Gasteiger partial charge in [0.25, 0.3) is 0 Å². The monoisotopic (exact) mass is 1040 g/mol. The van der Waals surface area contributed by atoms with Gasteiger partial charge in [-0.25, -0.2) is 0 Å². The number of rotatable bonds is 57. The van der Waals surface area contributed by atoms with E-state index in [9.17, 15) is 14.4 Å². The number of hydrogen-bond donors (Lipinski definition) is 0. The van der Waals surface area contributed by atoms with Crippen molar-refractivity contribution in [2.45, 2.75) is 309 Å². The van der Waals surface area contributed by atoms with Crippen LogP contribution in [0.25, 0.3) is 0 Å². The summed E-state index contributed by atoms with van der Waals surface area (Å²) in [4.78, 5) is 38.1. The molecule has 0 saturated carbocycles.